The molecule has 4 aromatic rings. The largest absolute Gasteiger partial charge is 0.573 e. The number of hydrogen-bond donors (Lipinski definition) is 0. The smallest absolute Gasteiger partial charge is 0.489 e. The molecule has 0 unspecified atom stereocenters. The molecule has 0 N–H and O–H groups in total. The number of ether oxygens (including phenoxy) is 2. The number of rotatable bonds is 10. The third-order valence-corrected chi connectivity index (χ3v) is 6.01. The minimum Gasteiger partial charge on any atom is -0.489 e. The third-order valence-electron chi connectivity index (χ3n) is 6.01. The molecule has 0 aliphatic heterocycles. The molecular weight excluding hydrogens is 487 g/mol. The van der Waals surface area contributed by atoms with Gasteiger partial charge in [-0.25, -0.2) is 8.78 Å². The van der Waals surface area contributed by atoms with E-state index < -0.39 is 6.36 Å². The van der Waals surface area contributed by atoms with Gasteiger partial charge in [0.05, 0.1) is 0 Å². The first-order chi connectivity index (χ1) is 17.7. The average Bonchev–Trinajstić information content (AvgIpc) is 2.86. The van der Waals surface area contributed by atoms with Crippen molar-refractivity contribution in [3.63, 3.8) is 0 Å². The third kappa shape index (κ3) is 7.09. The molecule has 37 heavy (non-hydrogen) atoms. The van der Waals surface area contributed by atoms with Crippen molar-refractivity contribution in [2.75, 3.05) is 6.61 Å². The Morgan fingerprint density at radius 3 is 2.05 bits per heavy atom. The maximum Gasteiger partial charge on any atom is 0.573 e. The first kappa shape index (κ1) is 26.2. The van der Waals surface area contributed by atoms with Crippen LogP contribution in [0.2, 0.25) is 0 Å². The maximum atomic E-state index is 15.2. The Bertz CT molecular complexity index is 1380. The van der Waals surface area contributed by atoms with E-state index in [9.17, 15) is 17.6 Å². The zero-order chi connectivity index (χ0) is 26.4. The van der Waals surface area contributed by atoms with E-state index in [1.807, 2.05) is 18.2 Å². The van der Waals surface area contributed by atoms with Gasteiger partial charge in [-0.1, -0.05) is 61.2 Å². The van der Waals surface area contributed by atoms with Gasteiger partial charge in [-0.3, -0.25) is 0 Å². The lowest BCUT2D eigenvalue weighted by molar-refractivity contribution is -0.274. The molecule has 0 aliphatic carbocycles. The van der Waals surface area contributed by atoms with Gasteiger partial charge in [0.1, 0.15) is 29.7 Å². The highest BCUT2D eigenvalue weighted by Crippen LogP contribution is 2.26. The molecule has 0 bridgehead atoms. The molecule has 0 aromatic heterocycles. The number of halogens is 5. The summed E-state index contributed by atoms with van der Waals surface area (Å²) in [6, 6.07) is 19.4. The predicted octanol–water partition coefficient (Wildman–Crippen LogP) is 8.15. The van der Waals surface area contributed by atoms with Crippen molar-refractivity contribution in [3.8, 4) is 11.5 Å². The van der Waals surface area contributed by atoms with Gasteiger partial charge in [0.2, 0.25) is 0 Å². The van der Waals surface area contributed by atoms with Gasteiger partial charge in [0, 0.05) is 11.5 Å². The predicted molar refractivity (Wildman–Crippen MR) is 134 cm³/mol. The summed E-state index contributed by atoms with van der Waals surface area (Å²) in [7, 11) is 0. The van der Waals surface area contributed by atoms with Crippen molar-refractivity contribution < 1.29 is 31.4 Å². The van der Waals surface area contributed by atoms with Crippen LogP contribution in [0.3, 0.4) is 0 Å². The normalized spacial score (nSPS) is 11.5. The van der Waals surface area contributed by atoms with E-state index in [1.165, 1.54) is 30.3 Å². The molecule has 0 radical (unpaired) electrons. The quantitative estimate of drug-likeness (QED) is 0.158. The van der Waals surface area contributed by atoms with Crippen molar-refractivity contribution in [1.29, 1.82) is 0 Å². The van der Waals surface area contributed by atoms with Gasteiger partial charge in [-0.15, -0.1) is 13.2 Å². The molecule has 0 fully saturated rings. The first-order valence-electron chi connectivity index (χ1n) is 11.8. The monoisotopic (exact) mass is 512 g/mol. The molecule has 0 aliphatic rings. The lowest BCUT2D eigenvalue weighted by Crippen LogP contribution is -2.17. The molecule has 0 heterocycles. The number of aryl methyl sites for hydroxylation is 4. The van der Waals surface area contributed by atoms with Crippen molar-refractivity contribution in [1.82, 2.24) is 0 Å². The van der Waals surface area contributed by atoms with Crippen LogP contribution >= 0.6 is 0 Å². The van der Waals surface area contributed by atoms with Crippen LogP contribution in [0.15, 0.2) is 85.5 Å². The van der Waals surface area contributed by atoms with Crippen molar-refractivity contribution >= 4 is 10.8 Å². The molecule has 192 valence electrons. The van der Waals surface area contributed by atoms with Crippen molar-refractivity contribution in [2.24, 2.45) is 0 Å². The molecule has 2 nitrogen and oxygen atoms in total. The Morgan fingerprint density at radius 1 is 0.703 bits per heavy atom. The molecule has 0 saturated carbocycles. The van der Waals surface area contributed by atoms with Crippen LogP contribution in [-0.4, -0.2) is 13.0 Å². The van der Waals surface area contributed by atoms with Crippen LogP contribution in [-0.2, 0) is 25.7 Å². The Morgan fingerprint density at radius 2 is 1.35 bits per heavy atom. The summed E-state index contributed by atoms with van der Waals surface area (Å²) in [4.78, 5) is 0. The molecule has 4 aromatic carbocycles. The van der Waals surface area contributed by atoms with E-state index in [4.69, 9.17) is 4.74 Å². The summed E-state index contributed by atoms with van der Waals surface area (Å²) in [5.41, 5.74) is 2.84. The van der Waals surface area contributed by atoms with Gasteiger partial charge >= 0.3 is 6.36 Å². The molecule has 0 spiro atoms. The van der Waals surface area contributed by atoms with Crippen LogP contribution in [0.5, 0.6) is 11.5 Å². The zero-order valence-corrected chi connectivity index (χ0v) is 20.0. The molecule has 0 saturated heterocycles. The second kappa shape index (κ2) is 11.5. The Labute approximate surface area is 212 Å². The molecular formula is C30H25F5O2. The lowest BCUT2D eigenvalue weighted by Gasteiger charge is -2.11. The van der Waals surface area contributed by atoms with Gasteiger partial charge in [0.25, 0.3) is 0 Å². The standard InChI is InChI=1S/C30H25F5O2/c1-2-17-36-26-15-12-22(28(31)19-26)8-4-21-7-16-27-24(18-21)11-10-23(29(27)32)9-3-20-5-13-25(14-6-20)37-30(33,34)35/h2,5-7,10-16,18-19H,1,3-4,8-9,17H2. The number of hydrogen-bond acceptors (Lipinski definition) is 2. The summed E-state index contributed by atoms with van der Waals surface area (Å²) < 4.78 is 75.7. The lowest BCUT2D eigenvalue weighted by atomic mass is 9.97. The van der Waals surface area contributed by atoms with E-state index in [-0.39, 0.29) is 17.4 Å². The topological polar surface area (TPSA) is 18.5 Å². The van der Waals surface area contributed by atoms with Crippen LogP contribution < -0.4 is 9.47 Å². The van der Waals surface area contributed by atoms with Crippen LogP contribution in [0, 0.1) is 11.6 Å². The second-order valence-corrected chi connectivity index (χ2v) is 8.64. The first-order valence-corrected chi connectivity index (χ1v) is 11.8. The highest BCUT2D eigenvalue weighted by molar-refractivity contribution is 5.84. The van der Waals surface area contributed by atoms with E-state index in [0.717, 1.165) is 16.5 Å². The van der Waals surface area contributed by atoms with Crippen molar-refractivity contribution in [2.45, 2.75) is 32.0 Å². The van der Waals surface area contributed by atoms with Gasteiger partial charge in [0.15, 0.2) is 0 Å². The van der Waals surface area contributed by atoms with E-state index in [2.05, 4.69) is 11.3 Å². The highest BCUT2D eigenvalue weighted by Gasteiger charge is 2.30. The summed E-state index contributed by atoms with van der Waals surface area (Å²) >= 11 is 0. The fourth-order valence-corrected chi connectivity index (χ4v) is 4.13. The summed E-state index contributed by atoms with van der Waals surface area (Å²) in [5.74, 6) is -0.491. The molecule has 0 atom stereocenters. The highest BCUT2D eigenvalue weighted by atomic mass is 19.4. The fraction of sp³-hybridized carbons (Fsp3) is 0.200. The summed E-state index contributed by atoms with van der Waals surface area (Å²) in [5, 5.41) is 1.24. The minimum absolute atomic E-state index is 0.291. The SMILES string of the molecule is C=CCOc1ccc(CCc2ccc3c(F)c(CCc4ccc(OC(F)(F)F)cc4)ccc3c2)c(F)c1. The van der Waals surface area contributed by atoms with Crippen molar-refractivity contribution in [3.05, 3.63) is 119 Å². The minimum atomic E-state index is -4.74. The van der Waals surface area contributed by atoms with Crippen LogP contribution in [0.4, 0.5) is 22.0 Å². The molecule has 7 heteroatoms. The van der Waals surface area contributed by atoms with Gasteiger partial charge in [-0.05, 0) is 71.5 Å². The van der Waals surface area contributed by atoms with Crippen LogP contribution in [0.25, 0.3) is 10.8 Å². The zero-order valence-electron chi connectivity index (χ0n) is 20.0. The molecule has 0 amide bonds. The van der Waals surface area contributed by atoms with Crippen LogP contribution in [0.1, 0.15) is 22.3 Å². The van der Waals surface area contributed by atoms with E-state index >= 15 is 4.39 Å². The number of alkyl halides is 3. The summed E-state index contributed by atoms with van der Waals surface area (Å²) in [6.45, 7) is 3.88. The molecule has 4 rings (SSSR count). The Kier molecular flexibility index (Phi) is 8.11. The summed E-state index contributed by atoms with van der Waals surface area (Å²) in [6.07, 6.45) is -1.19. The fourth-order valence-electron chi connectivity index (χ4n) is 4.13. The average molecular weight is 513 g/mol. The van der Waals surface area contributed by atoms with Gasteiger partial charge in [-0.2, -0.15) is 0 Å². The number of fused-ring (bicyclic) bond motifs is 1. The van der Waals surface area contributed by atoms with E-state index in [0.29, 0.717) is 54.6 Å². The second-order valence-electron chi connectivity index (χ2n) is 8.64. The number of benzene rings is 4. The van der Waals surface area contributed by atoms with Gasteiger partial charge < -0.3 is 9.47 Å². The Hall–Kier alpha value is -3.87. The maximum absolute atomic E-state index is 15.2. The van der Waals surface area contributed by atoms with E-state index in [1.54, 1.807) is 30.3 Å². The Balaban J connectivity index is 1.39.